The molecule has 0 saturated heterocycles. The normalized spacial score (nSPS) is 20.5. The molecule has 2 unspecified atom stereocenters. The van der Waals surface area contributed by atoms with Crippen molar-refractivity contribution >= 4 is 11.4 Å². The number of allylic oxidation sites excluding steroid dienone is 4. The van der Waals surface area contributed by atoms with Crippen LogP contribution in [-0.2, 0) is 11.3 Å². The zero-order valence-corrected chi connectivity index (χ0v) is 14.8. The summed E-state index contributed by atoms with van der Waals surface area (Å²) in [6.45, 7) is 3.76. The zero-order chi connectivity index (χ0) is 18.3. The van der Waals surface area contributed by atoms with Gasteiger partial charge in [0, 0.05) is 18.4 Å². The van der Waals surface area contributed by atoms with Crippen LogP contribution in [0.15, 0.2) is 52.7 Å². The molecule has 2 aliphatic carbocycles. The van der Waals surface area contributed by atoms with Gasteiger partial charge in [-0.25, -0.2) is 0 Å². The molecular formula is C22H19NO3. The molecule has 0 radical (unpaired) electrons. The van der Waals surface area contributed by atoms with Crippen LogP contribution >= 0.6 is 0 Å². The first-order valence-corrected chi connectivity index (χ1v) is 8.72. The van der Waals surface area contributed by atoms with Gasteiger partial charge in [0.1, 0.15) is 18.1 Å². The van der Waals surface area contributed by atoms with Crippen LogP contribution in [0.2, 0.25) is 0 Å². The number of Topliss-reactive ketones (excluding diaryl/α,β-unsaturated/α-hetero) is 1. The Morgan fingerprint density at radius 3 is 2.69 bits per heavy atom. The number of hydrogen-bond donors (Lipinski definition) is 0. The first-order chi connectivity index (χ1) is 12.6. The van der Waals surface area contributed by atoms with Crippen LogP contribution in [0.1, 0.15) is 46.3 Å². The Morgan fingerprint density at radius 1 is 1.27 bits per heavy atom. The lowest BCUT2D eigenvalue weighted by Crippen LogP contribution is -2.02. The first-order valence-electron chi connectivity index (χ1n) is 8.72. The Balaban J connectivity index is 1.48. The summed E-state index contributed by atoms with van der Waals surface area (Å²) < 4.78 is 11.5. The highest BCUT2D eigenvalue weighted by atomic mass is 16.5. The van der Waals surface area contributed by atoms with Crippen LogP contribution in [0.4, 0.5) is 0 Å². The lowest BCUT2D eigenvalue weighted by Gasteiger charge is -2.15. The molecule has 2 atom stereocenters. The van der Waals surface area contributed by atoms with E-state index >= 15 is 0 Å². The van der Waals surface area contributed by atoms with Crippen LogP contribution in [-0.4, -0.2) is 5.78 Å². The standard InChI is InChI=1S/C22H19NO3/c1-13(24)22-9-17(14(2)26-22)12-25-21-8-7-18(19-10-20(19)21)16-5-3-15(11-23)4-6-16/h3-9,19-20H,10,12H2,1-2H3. The van der Waals surface area contributed by atoms with Gasteiger partial charge in [0.05, 0.1) is 11.6 Å². The first kappa shape index (κ1) is 16.4. The minimum Gasteiger partial charge on any atom is -0.493 e. The van der Waals surface area contributed by atoms with Crippen molar-refractivity contribution in [3.8, 4) is 6.07 Å². The van der Waals surface area contributed by atoms with Crippen LogP contribution in [0.3, 0.4) is 0 Å². The number of nitriles is 1. The van der Waals surface area contributed by atoms with Gasteiger partial charge in [0.25, 0.3) is 0 Å². The van der Waals surface area contributed by atoms with Crippen LogP contribution in [0, 0.1) is 30.1 Å². The van der Waals surface area contributed by atoms with Gasteiger partial charge in [-0.15, -0.1) is 0 Å². The smallest absolute Gasteiger partial charge is 0.194 e. The van der Waals surface area contributed by atoms with Gasteiger partial charge < -0.3 is 9.15 Å². The molecule has 1 fully saturated rings. The van der Waals surface area contributed by atoms with E-state index in [1.807, 2.05) is 37.3 Å². The van der Waals surface area contributed by atoms with Crippen LogP contribution < -0.4 is 0 Å². The number of ketones is 1. The number of hydrogen-bond acceptors (Lipinski definition) is 4. The molecule has 1 saturated carbocycles. The molecule has 1 heterocycles. The Labute approximate surface area is 152 Å². The maximum atomic E-state index is 11.4. The molecular weight excluding hydrogens is 326 g/mol. The Kier molecular flexibility index (Phi) is 4.00. The topological polar surface area (TPSA) is 63.2 Å². The number of rotatable bonds is 5. The van der Waals surface area contributed by atoms with Crippen molar-refractivity contribution in [2.75, 3.05) is 0 Å². The fourth-order valence-corrected chi connectivity index (χ4v) is 3.47. The van der Waals surface area contributed by atoms with Crippen molar-refractivity contribution in [1.29, 1.82) is 5.26 Å². The summed E-state index contributed by atoms with van der Waals surface area (Å²) in [5.74, 6) is 2.94. The third-order valence-electron chi connectivity index (χ3n) is 5.09. The highest BCUT2D eigenvalue weighted by Crippen LogP contribution is 2.54. The number of nitrogens with zero attached hydrogens (tertiary/aromatic N) is 1. The summed E-state index contributed by atoms with van der Waals surface area (Å²) in [5.41, 5.74) is 4.07. The molecule has 4 nitrogen and oxygen atoms in total. The molecule has 0 aliphatic heterocycles. The van der Waals surface area contributed by atoms with Crippen molar-refractivity contribution < 1.29 is 13.9 Å². The molecule has 0 spiro atoms. The number of fused-ring (bicyclic) bond motifs is 1. The number of ether oxygens (including phenoxy) is 1. The SMILES string of the molecule is CC(=O)c1cc(COC2=CC=C(c3ccc(C#N)cc3)C3CC23)c(C)o1. The van der Waals surface area contributed by atoms with Gasteiger partial charge in [-0.05, 0) is 54.7 Å². The predicted octanol–water partition coefficient (Wildman–Crippen LogP) is 4.80. The van der Waals surface area contributed by atoms with E-state index in [1.54, 1.807) is 6.07 Å². The van der Waals surface area contributed by atoms with E-state index in [4.69, 9.17) is 14.4 Å². The van der Waals surface area contributed by atoms with Gasteiger partial charge in [0.15, 0.2) is 11.5 Å². The Hall–Kier alpha value is -3.06. The van der Waals surface area contributed by atoms with E-state index in [0.29, 0.717) is 29.8 Å². The predicted molar refractivity (Wildman–Crippen MR) is 97.1 cm³/mol. The summed E-state index contributed by atoms with van der Waals surface area (Å²) in [7, 11) is 0. The third kappa shape index (κ3) is 2.97. The van der Waals surface area contributed by atoms with Crippen molar-refractivity contribution in [2.45, 2.75) is 26.9 Å². The fraction of sp³-hybridized carbons (Fsp3) is 0.273. The minimum atomic E-state index is -0.0755. The number of carbonyl (C=O) groups excluding carboxylic acids is 1. The second-order valence-electron chi connectivity index (χ2n) is 6.87. The highest BCUT2D eigenvalue weighted by molar-refractivity contribution is 5.91. The highest BCUT2D eigenvalue weighted by Gasteiger charge is 2.45. The van der Waals surface area contributed by atoms with Gasteiger partial charge in [-0.3, -0.25) is 4.79 Å². The molecule has 1 aromatic heterocycles. The average molecular weight is 345 g/mol. The van der Waals surface area contributed by atoms with Crippen molar-refractivity contribution in [2.24, 2.45) is 11.8 Å². The average Bonchev–Trinajstić information content (AvgIpc) is 3.36. The van der Waals surface area contributed by atoms with E-state index < -0.39 is 0 Å². The summed E-state index contributed by atoms with van der Waals surface area (Å²) in [6.07, 6.45) is 5.25. The maximum absolute atomic E-state index is 11.4. The van der Waals surface area contributed by atoms with E-state index in [-0.39, 0.29) is 5.78 Å². The van der Waals surface area contributed by atoms with E-state index in [0.717, 1.165) is 23.5 Å². The van der Waals surface area contributed by atoms with Gasteiger partial charge in [-0.2, -0.15) is 5.26 Å². The molecule has 0 N–H and O–H groups in total. The van der Waals surface area contributed by atoms with Crippen LogP contribution in [0.5, 0.6) is 0 Å². The van der Waals surface area contributed by atoms with Gasteiger partial charge in [0.2, 0.25) is 0 Å². The van der Waals surface area contributed by atoms with Gasteiger partial charge in [-0.1, -0.05) is 18.2 Å². The largest absolute Gasteiger partial charge is 0.493 e. The monoisotopic (exact) mass is 345 g/mol. The Morgan fingerprint density at radius 2 is 2.04 bits per heavy atom. The molecule has 4 rings (SSSR count). The second kappa shape index (κ2) is 6.34. The molecule has 26 heavy (non-hydrogen) atoms. The lowest BCUT2D eigenvalue weighted by molar-refractivity contribution is 0.0986. The third-order valence-corrected chi connectivity index (χ3v) is 5.09. The molecule has 130 valence electrons. The lowest BCUT2D eigenvalue weighted by atomic mass is 9.95. The maximum Gasteiger partial charge on any atom is 0.194 e. The molecule has 2 aromatic rings. The van der Waals surface area contributed by atoms with E-state index in [1.165, 1.54) is 18.1 Å². The van der Waals surface area contributed by atoms with Crippen molar-refractivity contribution in [1.82, 2.24) is 0 Å². The fourth-order valence-electron chi connectivity index (χ4n) is 3.47. The second-order valence-corrected chi connectivity index (χ2v) is 6.87. The summed E-state index contributed by atoms with van der Waals surface area (Å²) in [4.78, 5) is 11.4. The van der Waals surface area contributed by atoms with Crippen molar-refractivity contribution in [3.05, 3.63) is 76.5 Å². The molecule has 0 bridgehead atoms. The Bertz CT molecular complexity index is 970. The quantitative estimate of drug-likeness (QED) is 0.731. The molecule has 0 amide bonds. The number of furan rings is 1. The molecule has 1 aromatic carbocycles. The van der Waals surface area contributed by atoms with Gasteiger partial charge >= 0.3 is 0 Å². The number of benzene rings is 1. The van der Waals surface area contributed by atoms with E-state index in [9.17, 15) is 4.79 Å². The van der Waals surface area contributed by atoms with E-state index in [2.05, 4.69) is 12.1 Å². The van der Waals surface area contributed by atoms with Crippen molar-refractivity contribution in [3.63, 3.8) is 0 Å². The molecule has 2 aliphatic rings. The van der Waals surface area contributed by atoms with Crippen LogP contribution in [0.25, 0.3) is 5.57 Å². The summed E-state index contributed by atoms with van der Waals surface area (Å²) in [5, 5.41) is 8.92. The minimum absolute atomic E-state index is 0.0755. The zero-order valence-electron chi connectivity index (χ0n) is 14.8. The number of carbonyl (C=O) groups is 1. The summed E-state index contributed by atoms with van der Waals surface area (Å²) >= 11 is 0. The number of aryl methyl sites for hydroxylation is 1. The molecule has 4 heteroatoms. The summed E-state index contributed by atoms with van der Waals surface area (Å²) in [6, 6.07) is 11.7.